The third kappa shape index (κ3) is 7.53. The molecule has 2 aliphatic rings. The number of halogens is 1. The average molecular weight is 286 g/mol. The van der Waals surface area contributed by atoms with E-state index in [1.807, 2.05) is 0 Å². The summed E-state index contributed by atoms with van der Waals surface area (Å²) < 4.78 is 0. The number of allylic oxidation sites excluding steroid dienone is 8. The molecule has 0 aromatic rings. The summed E-state index contributed by atoms with van der Waals surface area (Å²) in [4.78, 5) is 0. The molecule has 0 aromatic carbocycles. The normalized spacial score (nSPS) is 15.9. The van der Waals surface area contributed by atoms with E-state index in [-0.39, 0.29) is 40.0 Å². The average Bonchev–Trinajstić information content (AvgIpc) is 2.63. The van der Waals surface area contributed by atoms with E-state index < -0.39 is 0 Å². The molecule has 0 radical (unpaired) electrons. The summed E-state index contributed by atoms with van der Waals surface area (Å²) in [5.41, 5.74) is 2.55. The molecular formula is C12H15ClZr. The maximum absolute atomic E-state index is 3.12. The van der Waals surface area contributed by atoms with Crippen LogP contribution in [0, 0.1) is 12.2 Å². The van der Waals surface area contributed by atoms with Gasteiger partial charge in [0.1, 0.15) is 0 Å². The molecule has 0 atom stereocenters. The molecule has 0 N–H and O–H groups in total. The Balaban J connectivity index is -0.000000160. The van der Waals surface area contributed by atoms with E-state index in [2.05, 4.69) is 50.3 Å². The van der Waals surface area contributed by atoms with Crippen molar-refractivity contribution in [2.24, 2.45) is 0 Å². The van der Waals surface area contributed by atoms with Crippen LogP contribution in [0.25, 0.3) is 0 Å². The van der Waals surface area contributed by atoms with Crippen molar-refractivity contribution in [3.05, 3.63) is 47.6 Å². The fourth-order valence-electron chi connectivity index (χ4n) is 1.03. The van der Waals surface area contributed by atoms with Crippen molar-refractivity contribution >= 4 is 0 Å². The molecule has 0 fully saturated rings. The van der Waals surface area contributed by atoms with Crippen LogP contribution in [0.3, 0.4) is 0 Å². The molecule has 0 saturated heterocycles. The molecule has 2 heteroatoms. The maximum atomic E-state index is 3.12. The van der Waals surface area contributed by atoms with Crippen LogP contribution in [-0.4, -0.2) is 0 Å². The van der Waals surface area contributed by atoms with Gasteiger partial charge in [0.2, 0.25) is 0 Å². The molecule has 14 heavy (non-hydrogen) atoms. The minimum Gasteiger partial charge on any atom is -1.00 e. The van der Waals surface area contributed by atoms with E-state index in [1.165, 1.54) is 11.1 Å². The molecular weight excluding hydrogens is 271 g/mol. The third-order valence-electron chi connectivity index (χ3n) is 1.73. The molecule has 2 aliphatic carbocycles. The summed E-state index contributed by atoms with van der Waals surface area (Å²) in [5.74, 6) is 0. The van der Waals surface area contributed by atoms with Gasteiger partial charge in [0, 0.05) is 0 Å². The van der Waals surface area contributed by atoms with Gasteiger partial charge in [-0.25, -0.2) is 23.3 Å². The number of rotatable bonds is 0. The van der Waals surface area contributed by atoms with E-state index in [0.29, 0.717) is 0 Å². The second kappa shape index (κ2) is 9.68. The Bertz CT molecular complexity index is 231. The van der Waals surface area contributed by atoms with E-state index in [0.717, 1.165) is 12.8 Å². The fourth-order valence-corrected chi connectivity index (χ4v) is 1.03. The molecule has 74 valence electrons. The molecule has 2 rings (SSSR count). The first-order valence-electron chi connectivity index (χ1n) is 4.27. The summed E-state index contributed by atoms with van der Waals surface area (Å²) in [6.07, 6.45) is 16.7. The molecule has 0 spiro atoms. The Kier molecular flexibility index (Phi) is 11.4. The van der Waals surface area contributed by atoms with Crippen molar-refractivity contribution in [2.45, 2.75) is 26.7 Å². The molecule has 0 aromatic heterocycles. The van der Waals surface area contributed by atoms with Crippen LogP contribution in [0.4, 0.5) is 0 Å². The van der Waals surface area contributed by atoms with Gasteiger partial charge in [0.15, 0.2) is 0 Å². The van der Waals surface area contributed by atoms with Crippen LogP contribution in [0.15, 0.2) is 35.5 Å². The zero-order valence-corrected chi connectivity index (χ0v) is 11.8. The van der Waals surface area contributed by atoms with Gasteiger partial charge < -0.3 is 13.8 Å². The Morgan fingerprint density at radius 1 is 1.00 bits per heavy atom. The van der Waals surface area contributed by atoms with Gasteiger partial charge >= 0.3 is 26.2 Å². The van der Waals surface area contributed by atoms with Gasteiger partial charge in [0.05, 0.1) is 0 Å². The molecule has 0 bridgehead atoms. The molecule has 0 nitrogen and oxygen atoms in total. The quantitative estimate of drug-likeness (QED) is 0.569. The van der Waals surface area contributed by atoms with Crippen LogP contribution < -0.4 is 12.4 Å². The summed E-state index contributed by atoms with van der Waals surface area (Å²) in [5, 5.41) is 0. The van der Waals surface area contributed by atoms with Crippen molar-refractivity contribution in [1.82, 2.24) is 0 Å². The van der Waals surface area contributed by atoms with E-state index >= 15 is 0 Å². The maximum Gasteiger partial charge on any atom is 4.00 e. The number of hydrogen-bond donors (Lipinski definition) is 0. The van der Waals surface area contributed by atoms with Gasteiger partial charge in [-0.3, -0.25) is 12.2 Å². The first-order chi connectivity index (χ1) is 5.79. The second-order valence-corrected chi connectivity index (χ2v) is 2.93. The minimum atomic E-state index is 0. The van der Waals surface area contributed by atoms with Crippen molar-refractivity contribution in [3.63, 3.8) is 0 Å². The van der Waals surface area contributed by atoms with Gasteiger partial charge in [-0.2, -0.15) is 12.2 Å². The molecule has 0 aliphatic heterocycles. The summed E-state index contributed by atoms with van der Waals surface area (Å²) >= 11 is 0. The van der Waals surface area contributed by atoms with Crippen LogP contribution in [0.5, 0.6) is 0 Å². The first kappa shape index (κ1) is 16.6. The Labute approximate surface area is 114 Å². The molecule has 0 unspecified atom stereocenters. The largest absolute Gasteiger partial charge is 4.00 e. The summed E-state index contributed by atoms with van der Waals surface area (Å²) in [6.45, 7) is 4.12. The van der Waals surface area contributed by atoms with Crippen LogP contribution in [-0.2, 0) is 26.2 Å². The third-order valence-corrected chi connectivity index (χ3v) is 1.73. The molecule has 0 saturated carbocycles. The van der Waals surface area contributed by atoms with Crippen LogP contribution >= 0.6 is 0 Å². The van der Waals surface area contributed by atoms with Gasteiger partial charge in [-0.05, 0) is 0 Å². The fraction of sp³-hybridized carbons (Fsp3) is 0.333. The second-order valence-electron chi connectivity index (χ2n) is 2.93. The minimum absolute atomic E-state index is 0. The predicted molar refractivity (Wildman–Crippen MR) is 53.5 cm³/mol. The van der Waals surface area contributed by atoms with E-state index in [4.69, 9.17) is 0 Å². The SMILES string of the molecule is CC1=[C-]CC=C1.CC1=[C-]CC=C1.[Cl-].[H-].[Zr+4]. The molecule has 0 heterocycles. The topological polar surface area (TPSA) is 0 Å². The van der Waals surface area contributed by atoms with Crippen LogP contribution in [0.2, 0.25) is 0 Å². The summed E-state index contributed by atoms with van der Waals surface area (Å²) in [7, 11) is 0. The first-order valence-corrected chi connectivity index (χ1v) is 4.27. The Morgan fingerprint density at radius 2 is 1.36 bits per heavy atom. The van der Waals surface area contributed by atoms with Crippen molar-refractivity contribution in [3.8, 4) is 0 Å². The number of hydrogen-bond acceptors (Lipinski definition) is 0. The van der Waals surface area contributed by atoms with Gasteiger partial charge in [0.25, 0.3) is 0 Å². The van der Waals surface area contributed by atoms with Gasteiger partial charge in [-0.1, -0.05) is 13.8 Å². The zero-order chi connectivity index (χ0) is 8.81. The predicted octanol–water partition coefficient (Wildman–Crippen LogP) is 0.506. The monoisotopic (exact) mass is 284 g/mol. The van der Waals surface area contributed by atoms with Crippen molar-refractivity contribution < 1.29 is 40.0 Å². The molecule has 0 amide bonds. The van der Waals surface area contributed by atoms with E-state index in [9.17, 15) is 0 Å². The van der Waals surface area contributed by atoms with Gasteiger partial charge in [-0.15, -0.1) is 12.8 Å². The van der Waals surface area contributed by atoms with E-state index in [1.54, 1.807) is 0 Å². The Hall–Kier alpha value is 0.133. The summed E-state index contributed by atoms with van der Waals surface area (Å²) in [6, 6.07) is 0. The van der Waals surface area contributed by atoms with Crippen LogP contribution in [0.1, 0.15) is 28.1 Å². The standard InChI is InChI=1S/2C6H7.ClH.Zr.H/c2*1-6-4-2-3-5-6;;;/h2*2,4H,3H2,1H3;1H;;/q2*-1;;+4;-1/p-1. The van der Waals surface area contributed by atoms with Crippen molar-refractivity contribution in [1.29, 1.82) is 0 Å². The Morgan fingerprint density at radius 3 is 1.43 bits per heavy atom. The zero-order valence-electron chi connectivity index (χ0n) is 9.60. The van der Waals surface area contributed by atoms with Crippen molar-refractivity contribution in [2.75, 3.05) is 0 Å². The smallest absolute Gasteiger partial charge is 1.00 e.